The van der Waals surface area contributed by atoms with Gasteiger partial charge in [-0.2, -0.15) is 0 Å². The highest BCUT2D eigenvalue weighted by atomic mass is 16.6. The van der Waals surface area contributed by atoms with Crippen LogP contribution < -0.4 is 0 Å². The van der Waals surface area contributed by atoms with Gasteiger partial charge in [-0.15, -0.1) is 0 Å². The average molecular weight is 403 g/mol. The van der Waals surface area contributed by atoms with Gasteiger partial charge in [0.25, 0.3) is 0 Å². The van der Waals surface area contributed by atoms with E-state index in [9.17, 15) is 5.11 Å². The SMILES string of the molecule is CC(C)OC(O)COCCOCCOCCO.CC(O)CO.CCOCC. The molecule has 27 heavy (non-hydrogen) atoms. The molecular weight excluding hydrogens is 360 g/mol. The summed E-state index contributed by atoms with van der Waals surface area (Å²) in [6.45, 7) is 13.0. The molecule has 9 heteroatoms. The number of hydrogen-bond acceptors (Lipinski definition) is 9. The van der Waals surface area contributed by atoms with Gasteiger partial charge in [-0.25, -0.2) is 0 Å². The van der Waals surface area contributed by atoms with Gasteiger partial charge in [0, 0.05) is 13.2 Å². The Kier molecular flexibility index (Phi) is 32.3. The lowest BCUT2D eigenvalue weighted by Crippen LogP contribution is -2.23. The average Bonchev–Trinajstić information content (AvgIpc) is 2.61. The van der Waals surface area contributed by atoms with E-state index in [1.165, 1.54) is 6.92 Å². The van der Waals surface area contributed by atoms with Crippen LogP contribution >= 0.6 is 0 Å². The van der Waals surface area contributed by atoms with E-state index >= 15 is 0 Å². The Hall–Kier alpha value is -0.360. The Balaban J connectivity index is -0.000000471. The molecule has 0 aromatic heterocycles. The Labute approximate surface area is 164 Å². The third-order valence-electron chi connectivity index (χ3n) is 2.34. The van der Waals surface area contributed by atoms with Crippen LogP contribution in [0.3, 0.4) is 0 Å². The molecular formula is C18H42O9. The Morgan fingerprint density at radius 3 is 1.48 bits per heavy atom. The lowest BCUT2D eigenvalue weighted by molar-refractivity contribution is -0.160. The van der Waals surface area contributed by atoms with Crippen molar-refractivity contribution in [1.82, 2.24) is 0 Å². The van der Waals surface area contributed by atoms with E-state index in [4.69, 9.17) is 39.0 Å². The minimum Gasteiger partial charge on any atom is -0.394 e. The second kappa shape index (κ2) is 27.9. The van der Waals surface area contributed by atoms with Gasteiger partial charge in [0.1, 0.15) is 0 Å². The van der Waals surface area contributed by atoms with Crippen molar-refractivity contribution >= 4 is 0 Å². The van der Waals surface area contributed by atoms with Crippen LogP contribution in [0.25, 0.3) is 0 Å². The predicted octanol–water partition coefficient (Wildman–Crippen LogP) is 0.174. The van der Waals surface area contributed by atoms with E-state index in [2.05, 4.69) is 0 Å². The van der Waals surface area contributed by atoms with Gasteiger partial charge in [-0.05, 0) is 34.6 Å². The van der Waals surface area contributed by atoms with Gasteiger partial charge in [0.2, 0.25) is 0 Å². The Bertz CT molecular complexity index is 239. The van der Waals surface area contributed by atoms with Crippen molar-refractivity contribution in [1.29, 1.82) is 0 Å². The first-order chi connectivity index (χ1) is 12.8. The third kappa shape index (κ3) is 41.2. The van der Waals surface area contributed by atoms with E-state index in [1.54, 1.807) is 0 Å². The Morgan fingerprint density at radius 2 is 1.15 bits per heavy atom. The minimum atomic E-state index is -0.886. The molecule has 4 N–H and O–H groups in total. The highest BCUT2D eigenvalue weighted by Gasteiger charge is 2.05. The van der Waals surface area contributed by atoms with Crippen molar-refractivity contribution in [3.8, 4) is 0 Å². The Morgan fingerprint density at radius 1 is 0.704 bits per heavy atom. The summed E-state index contributed by atoms with van der Waals surface area (Å²) in [6.07, 6.45) is -1.47. The van der Waals surface area contributed by atoms with E-state index < -0.39 is 12.4 Å². The summed E-state index contributed by atoms with van der Waals surface area (Å²) in [5.74, 6) is 0. The minimum absolute atomic E-state index is 0.0199. The fraction of sp³-hybridized carbons (Fsp3) is 1.00. The lowest BCUT2D eigenvalue weighted by atomic mass is 10.5. The molecule has 0 aromatic rings. The molecule has 0 bridgehead atoms. The van der Waals surface area contributed by atoms with E-state index in [0.717, 1.165) is 13.2 Å². The van der Waals surface area contributed by atoms with Crippen LogP contribution in [-0.4, -0.2) is 105 Å². The summed E-state index contributed by atoms with van der Waals surface area (Å²) in [4.78, 5) is 0. The maximum absolute atomic E-state index is 9.29. The number of ether oxygens (including phenoxy) is 5. The van der Waals surface area contributed by atoms with Gasteiger partial charge >= 0.3 is 0 Å². The van der Waals surface area contributed by atoms with Crippen LogP contribution in [0.5, 0.6) is 0 Å². The number of hydrogen-bond donors (Lipinski definition) is 4. The molecule has 0 heterocycles. The summed E-state index contributed by atoms with van der Waals surface area (Å²) in [7, 11) is 0. The zero-order chi connectivity index (χ0) is 21.3. The highest BCUT2D eigenvalue weighted by molar-refractivity contribution is 4.42. The summed E-state index contributed by atoms with van der Waals surface area (Å²) in [5.41, 5.74) is 0. The molecule has 0 fully saturated rings. The second-order valence-electron chi connectivity index (χ2n) is 5.48. The molecule has 0 spiro atoms. The van der Waals surface area contributed by atoms with Crippen LogP contribution in [0.15, 0.2) is 0 Å². The monoisotopic (exact) mass is 402 g/mol. The van der Waals surface area contributed by atoms with Crippen LogP contribution in [0, 0.1) is 0 Å². The molecule has 9 nitrogen and oxygen atoms in total. The lowest BCUT2D eigenvalue weighted by Gasteiger charge is -2.14. The summed E-state index contributed by atoms with van der Waals surface area (Å²) in [6, 6.07) is 0. The maximum Gasteiger partial charge on any atom is 0.178 e. The van der Waals surface area contributed by atoms with Gasteiger partial charge in [0.15, 0.2) is 6.29 Å². The zero-order valence-corrected chi connectivity index (χ0v) is 17.6. The second-order valence-corrected chi connectivity index (χ2v) is 5.48. The zero-order valence-electron chi connectivity index (χ0n) is 17.6. The smallest absolute Gasteiger partial charge is 0.178 e. The molecule has 0 aromatic carbocycles. The molecule has 168 valence electrons. The van der Waals surface area contributed by atoms with Crippen LogP contribution in [0.1, 0.15) is 34.6 Å². The summed E-state index contributed by atoms with van der Waals surface area (Å²) in [5, 5.41) is 33.7. The van der Waals surface area contributed by atoms with Gasteiger partial charge < -0.3 is 44.1 Å². The van der Waals surface area contributed by atoms with E-state index in [-0.39, 0.29) is 25.9 Å². The van der Waals surface area contributed by atoms with Crippen molar-refractivity contribution in [2.75, 3.05) is 66.1 Å². The van der Waals surface area contributed by atoms with Crippen LogP contribution in [0.2, 0.25) is 0 Å². The number of rotatable bonds is 15. The first-order valence-corrected chi connectivity index (χ1v) is 9.39. The van der Waals surface area contributed by atoms with Gasteiger partial charge in [-0.3, -0.25) is 0 Å². The predicted molar refractivity (Wildman–Crippen MR) is 103 cm³/mol. The summed E-state index contributed by atoms with van der Waals surface area (Å²) >= 11 is 0. The molecule has 0 aliphatic heterocycles. The third-order valence-corrected chi connectivity index (χ3v) is 2.34. The standard InChI is InChI=1S/C11H24O6.C4H10O.C3H8O2/c1-10(2)17-11(13)9-16-8-7-15-6-5-14-4-3-12;1-3-5-4-2;1-3(5)2-4/h10-13H,3-9H2,1-2H3;3-4H2,1-2H3;3-5H,2H2,1H3. The van der Waals surface area contributed by atoms with Gasteiger partial charge in [0.05, 0.1) is 65.1 Å². The molecule has 0 aliphatic carbocycles. The maximum atomic E-state index is 9.29. The molecule has 0 aliphatic rings. The fourth-order valence-electron chi connectivity index (χ4n) is 1.25. The largest absolute Gasteiger partial charge is 0.394 e. The molecule has 0 saturated heterocycles. The van der Waals surface area contributed by atoms with Crippen molar-refractivity contribution in [3.05, 3.63) is 0 Å². The van der Waals surface area contributed by atoms with Gasteiger partial charge in [-0.1, -0.05) is 0 Å². The molecule has 0 radical (unpaired) electrons. The first-order valence-electron chi connectivity index (χ1n) is 9.39. The number of aliphatic hydroxyl groups excluding tert-OH is 4. The van der Waals surface area contributed by atoms with Crippen molar-refractivity contribution in [2.45, 2.75) is 53.1 Å². The quantitative estimate of drug-likeness (QED) is 0.224. The molecule has 0 saturated carbocycles. The van der Waals surface area contributed by atoms with E-state index in [0.29, 0.717) is 33.0 Å². The first kappa shape index (κ1) is 31.3. The highest BCUT2D eigenvalue weighted by Crippen LogP contribution is 1.95. The molecule has 0 amide bonds. The molecule has 2 atom stereocenters. The fourth-order valence-corrected chi connectivity index (χ4v) is 1.25. The van der Waals surface area contributed by atoms with Crippen molar-refractivity contribution in [3.63, 3.8) is 0 Å². The van der Waals surface area contributed by atoms with E-state index in [1.807, 2.05) is 27.7 Å². The van der Waals surface area contributed by atoms with Crippen LogP contribution in [-0.2, 0) is 23.7 Å². The topological polar surface area (TPSA) is 127 Å². The summed E-state index contributed by atoms with van der Waals surface area (Å²) < 4.78 is 25.2. The molecule has 0 rings (SSSR count). The van der Waals surface area contributed by atoms with Crippen molar-refractivity contribution in [2.24, 2.45) is 0 Å². The normalized spacial score (nSPS) is 12.7. The van der Waals surface area contributed by atoms with Crippen molar-refractivity contribution < 1.29 is 44.1 Å². The van der Waals surface area contributed by atoms with Crippen LogP contribution in [0.4, 0.5) is 0 Å². The number of aliphatic hydroxyl groups is 4. The molecule has 2 unspecified atom stereocenters.